The number of rotatable bonds is 7. The number of ether oxygens (including phenoxy) is 1. The van der Waals surface area contributed by atoms with Gasteiger partial charge in [0.2, 0.25) is 0 Å². The van der Waals surface area contributed by atoms with Crippen molar-refractivity contribution in [2.45, 2.75) is 31.6 Å². The molecule has 96 valence electrons. The molecule has 0 atom stereocenters. The third-order valence-corrected chi connectivity index (χ3v) is 4.02. The zero-order valence-corrected chi connectivity index (χ0v) is 11.8. The first-order valence-electron chi connectivity index (χ1n) is 6.05. The minimum atomic E-state index is 0.265. The summed E-state index contributed by atoms with van der Waals surface area (Å²) in [4.78, 5) is 1.22. The van der Waals surface area contributed by atoms with Crippen molar-refractivity contribution in [3.63, 3.8) is 0 Å². The van der Waals surface area contributed by atoms with Crippen LogP contribution < -0.4 is 10.5 Å². The van der Waals surface area contributed by atoms with Gasteiger partial charge in [-0.2, -0.15) is 0 Å². The molecule has 2 N–H and O–H groups in total. The van der Waals surface area contributed by atoms with Crippen molar-refractivity contribution in [1.82, 2.24) is 0 Å². The fourth-order valence-electron chi connectivity index (χ4n) is 1.57. The minimum Gasteiger partial charge on any atom is -0.496 e. The van der Waals surface area contributed by atoms with E-state index in [-0.39, 0.29) is 5.41 Å². The third kappa shape index (κ3) is 5.00. The average molecular weight is 253 g/mol. The molecule has 0 spiro atoms. The highest BCUT2D eigenvalue weighted by Gasteiger charge is 2.14. The summed E-state index contributed by atoms with van der Waals surface area (Å²) in [5.41, 5.74) is 5.98. The third-order valence-electron chi connectivity index (χ3n) is 2.88. The van der Waals surface area contributed by atoms with Crippen LogP contribution in [0.25, 0.3) is 0 Å². The van der Waals surface area contributed by atoms with Gasteiger partial charge in [0.1, 0.15) is 5.75 Å². The molecule has 1 aromatic rings. The Balaban J connectivity index is 2.36. The maximum absolute atomic E-state index is 5.72. The predicted molar refractivity (Wildman–Crippen MR) is 75.8 cm³/mol. The molecule has 0 aromatic heterocycles. The zero-order valence-electron chi connectivity index (χ0n) is 11.0. The highest BCUT2D eigenvalue weighted by molar-refractivity contribution is 7.99. The molecule has 0 aliphatic heterocycles. The highest BCUT2D eigenvalue weighted by Crippen LogP contribution is 2.30. The van der Waals surface area contributed by atoms with E-state index < -0.39 is 0 Å². The Morgan fingerprint density at radius 2 is 2.00 bits per heavy atom. The lowest BCUT2D eigenvalue weighted by Gasteiger charge is -2.21. The second-order valence-corrected chi connectivity index (χ2v) is 6.11. The molecule has 0 radical (unpaired) electrons. The number of nitrogens with two attached hydrogens (primary N) is 1. The molecule has 2 nitrogen and oxygen atoms in total. The fraction of sp³-hybridized carbons (Fsp3) is 0.571. The summed E-state index contributed by atoms with van der Waals surface area (Å²) in [7, 11) is 1.72. The van der Waals surface area contributed by atoms with E-state index in [0.717, 1.165) is 18.0 Å². The van der Waals surface area contributed by atoms with Crippen molar-refractivity contribution < 1.29 is 4.74 Å². The van der Waals surface area contributed by atoms with Crippen LogP contribution in [0.2, 0.25) is 0 Å². The normalized spacial score (nSPS) is 11.5. The summed E-state index contributed by atoms with van der Waals surface area (Å²) in [6.45, 7) is 5.20. The van der Waals surface area contributed by atoms with Crippen molar-refractivity contribution in [2.24, 2.45) is 11.1 Å². The van der Waals surface area contributed by atoms with Crippen molar-refractivity contribution >= 4 is 11.8 Å². The number of thioether (sulfide) groups is 1. The largest absolute Gasteiger partial charge is 0.496 e. The molecule has 1 rings (SSSR count). The van der Waals surface area contributed by atoms with Gasteiger partial charge in [0.05, 0.1) is 7.11 Å². The van der Waals surface area contributed by atoms with Crippen LogP contribution in [0.3, 0.4) is 0 Å². The molecule has 0 fully saturated rings. The van der Waals surface area contributed by atoms with Crippen molar-refractivity contribution in [2.75, 3.05) is 19.4 Å². The second kappa shape index (κ2) is 6.92. The van der Waals surface area contributed by atoms with E-state index in [1.807, 2.05) is 23.9 Å². The van der Waals surface area contributed by atoms with E-state index in [0.29, 0.717) is 0 Å². The monoisotopic (exact) mass is 253 g/mol. The number of hydrogen-bond donors (Lipinski definition) is 1. The van der Waals surface area contributed by atoms with E-state index >= 15 is 0 Å². The fourth-order valence-corrected chi connectivity index (χ4v) is 2.55. The Morgan fingerprint density at radius 1 is 1.29 bits per heavy atom. The molecular formula is C14H23NOS. The Hall–Kier alpha value is -0.670. The first kappa shape index (κ1) is 14.4. The van der Waals surface area contributed by atoms with Gasteiger partial charge in [0.25, 0.3) is 0 Å². The SMILES string of the molecule is COc1ccccc1SCCCC(C)(C)CN. The summed E-state index contributed by atoms with van der Waals surface area (Å²) in [5.74, 6) is 2.08. The van der Waals surface area contributed by atoms with Gasteiger partial charge < -0.3 is 10.5 Å². The van der Waals surface area contributed by atoms with Crippen molar-refractivity contribution in [3.8, 4) is 5.75 Å². The van der Waals surface area contributed by atoms with E-state index in [1.165, 1.54) is 17.7 Å². The molecule has 17 heavy (non-hydrogen) atoms. The molecule has 0 saturated carbocycles. The van der Waals surface area contributed by atoms with E-state index in [9.17, 15) is 0 Å². The molecule has 3 heteroatoms. The Morgan fingerprint density at radius 3 is 2.65 bits per heavy atom. The smallest absolute Gasteiger partial charge is 0.132 e. The summed E-state index contributed by atoms with van der Waals surface area (Å²) in [6.07, 6.45) is 2.36. The molecule has 0 aliphatic rings. The van der Waals surface area contributed by atoms with Gasteiger partial charge in [0, 0.05) is 4.90 Å². The number of methoxy groups -OCH3 is 1. The van der Waals surface area contributed by atoms with Crippen LogP contribution >= 0.6 is 11.8 Å². The van der Waals surface area contributed by atoms with E-state index in [4.69, 9.17) is 10.5 Å². The quantitative estimate of drug-likeness (QED) is 0.596. The Labute approximate surface area is 109 Å². The van der Waals surface area contributed by atoms with Crippen LogP contribution in [-0.4, -0.2) is 19.4 Å². The number of benzene rings is 1. The minimum absolute atomic E-state index is 0.265. The van der Waals surface area contributed by atoms with Gasteiger partial charge in [0.15, 0.2) is 0 Å². The maximum atomic E-state index is 5.72. The van der Waals surface area contributed by atoms with E-state index in [2.05, 4.69) is 26.0 Å². The predicted octanol–water partition coefficient (Wildman–Crippen LogP) is 3.55. The van der Waals surface area contributed by atoms with Crippen LogP contribution in [0, 0.1) is 5.41 Å². The van der Waals surface area contributed by atoms with Gasteiger partial charge in [-0.25, -0.2) is 0 Å². The summed E-state index contributed by atoms with van der Waals surface area (Å²) in [6, 6.07) is 8.17. The summed E-state index contributed by atoms with van der Waals surface area (Å²) < 4.78 is 5.32. The van der Waals surface area contributed by atoms with Crippen molar-refractivity contribution in [1.29, 1.82) is 0 Å². The maximum Gasteiger partial charge on any atom is 0.132 e. The Kier molecular flexibility index (Phi) is 5.86. The lowest BCUT2D eigenvalue weighted by Crippen LogP contribution is -2.23. The lowest BCUT2D eigenvalue weighted by molar-refractivity contribution is 0.345. The molecule has 1 aromatic carbocycles. The number of hydrogen-bond acceptors (Lipinski definition) is 3. The Bertz CT molecular complexity index is 339. The average Bonchev–Trinajstić information content (AvgIpc) is 2.35. The number of para-hydroxylation sites is 1. The van der Waals surface area contributed by atoms with Crippen LogP contribution in [0.15, 0.2) is 29.2 Å². The standard InChI is InChI=1S/C14H23NOS/c1-14(2,11-15)9-6-10-17-13-8-5-4-7-12(13)16-3/h4-5,7-8H,6,9-11,15H2,1-3H3. The molecule has 0 aliphatic carbocycles. The van der Waals surface area contributed by atoms with Gasteiger partial charge >= 0.3 is 0 Å². The molecule has 0 amide bonds. The van der Waals surface area contributed by atoms with Gasteiger partial charge in [-0.15, -0.1) is 11.8 Å². The van der Waals surface area contributed by atoms with Gasteiger partial charge in [-0.3, -0.25) is 0 Å². The van der Waals surface area contributed by atoms with Gasteiger partial charge in [-0.05, 0) is 42.7 Å². The molecule has 0 unspecified atom stereocenters. The van der Waals surface area contributed by atoms with Gasteiger partial charge in [-0.1, -0.05) is 26.0 Å². The first-order valence-corrected chi connectivity index (χ1v) is 7.03. The highest BCUT2D eigenvalue weighted by atomic mass is 32.2. The van der Waals surface area contributed by atoms with Crippen LogP contribution in [-0.2, 0) is 0 Å². The molecule has 0 saturated heterocycles. The first-order chi connectivity index (χ1) is 8.09. The second-order valence-electron chi connectivity index (χ2n) is 4.97. The van der Waals surface area contributed by atoms with Crippen molar-refractivity contribution in [3.05, 3.63) is 24.3 Å². The summed E-state index contributed by atoms with van der Waals surface area (Å²) in [5, 5.41) is 0. The van der Waals surface area contributed by atoms with Crippen LogP contribution in [0.1, 0.15) is 26.7 Å². The summed E-state index contributed by atoms with van der Waals surface area (Å²) >= 11 is 1.86. The topological polar surface area (TPSA) is 35.2 Å². The van der Waals surface area contributed by atoms with E-state index in [1.54, 1.807) is 7.11 Å². The van der Waals surface area contributed by atoms with Crippen LogP contribution in [0.4, 0.5) is 0 Å². The molecule has 0 bridgehead atoms. The molecular weight excluding hydrogens is 230 g/mol. The zero-order chi connectivity index (χ0) is 12.7. The molecule has 0 heterocycles. The lowest BCUT2D eigenvalue weighted by atomic mass is 9.88. The van der Waals surface area contributed by atoms with Crippen LogP contribution in [0.5, 0.6) is 5.75 Å².